The molecule has 2 N–H and O–H groups in total. The van der Waals surface area contributed by atoms with E-state index in [1.54, 1.807) is 27.7 Å². The minimum Gasteiger partial charge on any atom is -0.439 e. The van der Waals surface area contributed by atoms with Gasteiger partial charge in [0.25, 0.3) is 25.2 Å². The SMILES string of the molecule is CCC(=Cc1sc2ccc(Cl)cc2[n+]1CCS(=O)(=O)O)C=C1Oc2ccc(-c3ccccc3)cc2N1CCS(=O)(=O)O. The normalized spacial score (nSPS) is 14.9. The van der Waals surface area contributed by atoms with Crippen LogP contribution in [0.4, 0.5) is 5.69 Å². The van der Waals surface area contributed by atoms with Crippen molar-refractivity contribution in [2.45, 2.75) is 19.9 Å². The van der Waals surface area contributed by atoms with Gasteiger partial charge in [0.05, 0.1) is 11.4 Å². The van der Waals surface area contributed by atoms with Gasteiger partial charge in [-0.25, -0.2) is 0 Å². The molecule has 0 saturated carbocycles. The number of thiazole rings is 1. The highest BCUT2D eigenvalue weighted by Crippen LogP contribution is 2.42. The van der Waals surface area contributed by atoms with Crippen molar-refractivity contribution in [1.29, 1.82) is 0 Å². The molecular formula is C29H28ClN2O7S3+. The molecule has 0 spiro atoms. The zero-order valence-corrected chi connectivity index (χ0v) is 25.7. The molecule has 0 saturated heterocycles. The van der Waals surface area contributed by atoms with E-state index >= 15 is 0 Å². The molecule has 0 unspecified atom stereocenters. The van der Waals surface area contributed by atoms with E-state index in [-0.39, 0.29) is 13.1 Å². The Morgan fingerprint density at radius 2 is 1.71 bits per heavy atom. The molecule has 0 atom stereocenters. The van der Waals surface area contributed by atoms with Crippen LogP contribution in [0, 0.1) is 0 Å². The number of halogens is 1. The number of aryl methyl sites for hydroxylation is 1. The van der Waals surface area contributed by atoms with Crippen molar-refractivity contribution >= 4 is 65.2 Å². The fraction of sp³-hybridized carbons (Fsp3) is 0.207. The molecule has 0 radical (unpaired) electrons. The van der Waals surface area contributed by atoms with Crippen LogP contribution in [-0.4, -0.2) is 44.0 Å². The number of hydrogen-bond donors (Lipinski definition) is 2. The number of aromatic nitrogens is 1. The highest BCUT2D eigenvalue weighted by atomic mass is 35.5. The molecular weight excluding hydrogens is 620 g/mol. The summed E-state index contributed by atoms with van der Waals surface area (Å²) in [4.78, 5) is 1.72. The molecule has 1 aromatic heterocycles. The number of ether oxygens (including phenoxy) is 1. The van der Waals surface area contributed by atoms with Crippen LogP contribution < -0.4 is 14.2 Å². The first-order chi connectivity index (χ1) is 19.9. The molecule has 0 amide bonds. The van der Waals surface area contributed by atoms with Crippen molar-refractivity contribution in [3.63, 3.8) is 0 Å². The minimum absolute atomic E-state index is 0.0171. The van der Waals surface area contributed by atoms with Crippen molar-refractivity contribution in [1.82, 2.24) is 0 Å². The number of benzene rings is 3. The van der Waals surface area contributed by atoms with Crippen LogP contribution in [0.3, 0.4) is 0 Å². The third-order valence-corrected chi connectivity index (χ3v) is 9.45. The monoisotopic (exact) mass is 647 g/mol. The Morgan fingerprint density at radius 1 is 0.976 bits per heavy atom. The first-order valence-electron chi connectivity index (χ1n) is 13.0. The largest absolute Gasteiger partial charge is 0.439 e. The van der Waals surface area contributed by atoms with Gasteiger partial charge in [0.1, 0.15) is 10.5 Å². The molecule has 9 nitrogen and oxygen atoms in total. The van der Waals surface area contributed by atoms with Gasteiger partial charge in [-0.3, -0.25) is 9.11 Å². The van der Waals surface area contributed by atoms with E-state index in [0.29, 0.717) is 28.8 Å². The minimum atomic E-state index is -4.25. The molecule has 5 rings (SSSR count). The van der Waals surface area contributed by atoms with Crippen molar-refractivity contribution in [3.05, 3.63) is 94.3 Å². The topological polar surface area (TPSA) is 125 Å². The summed E-state index contributed by atoms with van der Waals surface area (Å²) in [5.74, 6) is -0.0296. The summed E-state index contributed by atoms with van der Waals surface area (Å²) in [6, 6.07) is 20.8. The van der Waals surface area contributed by atoms with E-state index in [2.05, 4.69) is 0 Å². The fourth-order valence-electron chi connectivity index (χ4n) is 4.64. The van der Waals surface area contributed by atoms with Crippen LogP contribution in [0.1, 0.15) is 18.4 Å². The van der Waals surface area contributed by atoms with Gasteiger partial charge in [-0.1, -0.05) is 66.3 Å². The summed E-state index contributed by atoms with van der Waals surface area (Å²) in [6.45, 7) is 1.93. The quantitative estimate of drug-likeness (QED) is 0.163. The Morgan fingerprint density at radius 3 is 2.40 bits per heavy atom. The average molecular weight is 648 g/mol. The highest BCUT2D eigenvalue weighted by Gasteiger charge is 2.29. The zero-order valence-electron chi connectivity index (χ0n) is 22.5. The second-order valence-electron chi connectivity index (χ2n) is 9.63. The first-order valence-corrected chi connectivity index (χ1v) is 17.4. The van der Waals surface area contributed by atoms with E-state index in [9.17, 15) is 25.9 Å². The number of fused-ring (bicyclic) bond motifs is 2. The van der Waals surface area contributed by atoms with Gasteiger partial charge in [0.15, 0.2) is 12.3 Å². The number of hydrogen-bond acceptors (Lipinski definition) is 7. The van der Waals surface area contributed by atoms with Crippen LogP contribution in [0.25, 0.3) is 27.4 Å². The number of rotatable bonds is 10. The molecule has 4 aromatic rings. The van der Waals surface area contributed by atoms with E-state index in [0.717, 1.165) is 31.9 Å². The number of anilines is 1. The van der Waals surface area contributed by atoms with Crippen molar-refractivity contribution in [2.75, 3.05) is 23.0 Å². The van der Waals surface area contributed by atoms with Gasteiger partial charge in [-0.2, -0.15) is 21.4 Å². The van der Waals surface area contributed by atoms with Gasteiger partial charge in [0.2, 0.25) is 11.4 Å². The highest BCUT2D eigenvalue weighted by molar-refractivity contribution is 7.86. The third-order valence-electron chi connectivity index (χ3n) is 6.70. The lowest BCUT2D eigenvalue weighted by Gasteiger charge is -2.18. The molecule has 13 heteroatoms. The molecule has 2 heterocycles. The molecule has 42 heavy (non-hydrogen) atoms. The van der Waals surface area contributed by atoms with Crippen LogP contribution in [0.15, 0.2) is 84.3 Å². The van der Waals surface area contributed by atoms with Gasteiger partial charge in [-0.05, 0) is 47.4 Å². The van der Waals surface area contributed by atoms with Gasteiger partial charge in [-0.15, -0.1) is 0 Å². The molecule has 220 valence electrons. The Labute approximate surface area is 253 Å². The second kappa shape index (κ2) is 12.2. The summed E-state index contributed by atoms with van der Waals surface area (Å²) < 4.78 is 74.2. The number of allylic oxidation sites excluding steroid dienone is 2. The fourth-order valence-corrected chi connectivity index (χ4v) is 6.78. The molecule has 3 aromatic carbocycles. The summed E-state index contributed by atoms with van der Waals surface area (Å²) >= 11 is 7.67. The van der Waals surface area contributed by atoms with Crippen LogP contribution in [0.2, 0.25) is 5.02 Å². The summed E-state index contributed by atoms with van der Waals surface area (Å²) in [5, 5.41) is 1.23. The van der Waals surface area contributed by atoms with Gasteiger partial charge in [0, 0.05) is 29.8 Å². The van der Waals surface area contributed by atoms with Crippen molar-refractivity contribution in [3.8, 4) is 16.9 Å². The van der Waals surface area contributed by atoms with E-state index < -0.39 is 31.7 Å². The molecule has 1 aliphatic rings. The Bertz CT molecular complexity index is 1920. The third kappa shape index (κ3) is 7.20. The maximum atomic E-state index is 11.7. The number of nitrogens with zero attached hydrogens (tertiary/aromatic N) is 2. The average Bonchev–Trinajstić information content (AvgIpc) is 3.45. The standard InChI is InChI=1S/C29H27ClN2O7S3/c1-2-20(17-29-32(13-15-42(36,37)38)25-19-23(30)9-11-27(25)40-29)16-28-31(12-14-41(33,34)35)24-18-22(8-10-26(24)39-28)21-6-4-3-5-7-21/h3-11,16-19H,2,12-15H2,1H3,(H-,33,34,35,36,37,38)/p+1. The van der Waals surface area contributed by atoms with E-state index in [4.69, 9.17) is 16.3 Å². The summed E-state index contributed by atoms with van der Waals surface area (Å²) in [6.07, 6.45) is 4.27. The van der Waals surface area contributed by atoms with Crippen LogP contribution >= 0.6 is 22.9 Å². The van der Waals surface area contributed by atoms with Crippen LogP contribution in [0.5, 0.6) is 5.75 Å². The lowest BCUT2D eigenvalue weighted by molar-refractivity contribution is -0.664. The predicted molar refractivity (Wildman–Crippen MR) is 166 cm³/mol. The molecule has 0 aliphatic carbocycles. The van der Waals surface area contributed by atoms with Gasteiger partial charge >= 0.3 is 0 Å². The Balaban J connectivity index is 1.56. The van der Waals surface area contributed by atoms with Crippen molar-refractivity contribution in [2.24, 2.45) is 0 Å². The molecule has 0 fully saturated rings. The second-order valence-corrected chi connectivity index (χ2v) is 14.3. The van der Waals surface area contributed by atoms with E-state index in [1.165, 1.54) is 11.3 Å². The maximum Gasteiger partial charge on any atom is 0.271 e. The molecule has 0 bridgehead atoms. The zero-order chi connectivity index (χ0) is 30.1. The lowest BCUT2D eigenvalue weighted by Crippen LogP contribution is -2.38. The van der Waals surface area contributed by atoms with E-state index in [1.807, 2.05) is 67.6 Å². The van der Waals surface area contributed by atoms with Crippen LogP contribution in [-0.2, 0) is 26.8 Å². The Hall–Kier alpha value is -3.26. The van der Waals surface area contributed by atoms with Gasteiger partial charge < -0.3 is 9.64 Å². The smallest absolute Gasteiger partial charge is 0.271 e. The lowest BCUT2D eigenvalue weighted by atomic mass is 10.0. The summed E-state index contributed by atoms with van der Waals surface area (Å²) in [5.41, 5.74) is 4.13. The predicted octanol–water partition coefficient (Wildman–Crippen LogP) is 5.82. The Kier molecular flexibility index (Phi) is 8.74. The molecule has 1 aliphatic heterocycles. The first kappa shape index (κ1) is 30.2. The summed E-state index contributed by atoms with van der Waals surface area (Å²) in [7, 11) is -8.45. The maximum absolute atomic E-state index is 11.7. The van der Waals surface area contributed by atoms with Crippen molar-refractivity contribution < 1.29 is 35.2 Å².